The van der Waals surface area contributed by atoms with Crippen molar-refractivity contribution in [3.63, 3.8) is 0 Å². The van der Waals surface area contributed by atoms with Gasteiger partial charge >= 0.3 is 0 Å². The first kappa shape index (κ1) is 16.1. The summed E-state index contributed by atoms with van der Waals surface area (Å²) in [6, 6.07) is 6.01. The number of aryl methyl sites for hydroxylation is 3. The van der Waals surface area contributed by atoms with Crippen LogP contribution in [0.15, 0.2) is 18.2 Å². The van der Waals surface area contributed by atoms with E-state index >= 15 is 0 Å². The fourth-order valence-corrected chi connectivity index (χ4v) is 3.94. The molecular formula is C19H24N4O2. The molecule has 0 bridgehead atoms. The van der Waals surface area contributed by atoms with E-state index in [1.54, 1.807) is 7.11 Å². The first-order chi connectivity index (χ1) is 12.2. The highest BCUT2D eigenvalue weighted by Gasteiger charge is 2.32. The number of ether oxygens (including phenoxy) is 1. The number of hydrogen-bond acceptors (Lipinski definition) is 4. The van der Waals surface area contributed by atoms with Crippen molar-refractivity contribution >= 4 is 5.91 Å². The van der Waals surface area contributed by atoms with E-state index < -0.39 is 0 Å². The van der Waals surface area contributed by atoms with E-state index in [0.29, 0.717) is 0 Å². The Balaban J connectivity index is 1.54. The van der Waals surface area contributed by atoms with Crippen molar-refractivity contribution in [1.82, 2.24) is 20.1 Å². The topological polar surface area (TPSA) is 69.0 Å². The molecule has 0 spiro atoms. The fraction of sp³-hybridized carbons (Fsp3) is 0.526. The molecule has 1 N–H and O–H groups in total. The van der Waals surface area contributed by atoms with Gasteiger partial charge < -0.3 is 10.1 Å². The molecule has 132 valence electrons. The number of rotatable bonds is 4. The molecule has 4 rings (SSSR count). The van der Waals surface area contributed by atoms with Crippen LogP contribution in [0.1, 0.15) is 60.9 Å². The number of hydrogen-bond donors (Lipinski definition) is 1. The van der Waals surface area contributed by atoms with Gasteiger partial charge in [0.15, 0.2) is 5.82 Å². The zero-order chi connectivity index (χ0) is 17.4. The summed E-state index contributed by atoms with van der Waals surface area (Å²) in [5, 5.41) is 7.75. The molecule has 25 heavy (non-hydrogen) atoms. The minimum Gasteiger partial charge on any atom is -0.497 e. The third-order valence-corrected chi connectivity index (χ3v) is 5.30. The van der Waals surface area contributed by atoms with E-state index in [4.69, 9.17) is 4.74 Å². The molecule has 6 nitrogen and oxygen atoms in total. The predicted octanol–water partition coefficient (Wildman–Crippen LogP) is 2.53. The number of nitrogens with one attached hydrogen (secondary N) is 1. The summed E-state index contributed by atoms with van der Waals surface area (Å²) < 4.78 is 7.28. The van der Waals surface area contributed by atoms with Gasteiger partial charge in [0.05, 0.1) is 19.1 Å². The Morgan fingerprint density at radius 3 is 3.08 bits per heavy atom. The van der Waals surface area contributed by atoms with Gasteiger partial charge in [0.2, 0.25) is 5.91 Å². The Kier molecular flexibility index (Phi) is 4.19. The maximum absolute atomic E-state index is 13.0. The molecule has 2 atom stereocenters. The van der Waals surface area contributed by atoms with Gasteiger partial charge in [0.25, 0.3) is 0 Å². The summed E-state index contributed by atoms with van der Waals surface area (Å²) in [4.78, 5) is 17.6. The van der Waals surface area contributed by atoms with E-state index in [-0.39, 0.29) is 17.9 Å². The molecule has 0 saturated heterocycles. The molecule has 2 unspecified atom stereocenters. The lowest BCUT2D eigenvalue weighted by atomic mass is 9.98. The Morgan fingerprint density at radius 2 is 2.28 bits per heavy atom. The lowest BCUT2D eigenvalue weighted by molar-refractivity contribution is -0.123. The minimum absolute atomic E-state index is 0.0382. The first-order valence-corrected chi connectivity index (χ1v) is 9.10. The maximum Gasteiger partial charge on any atom is 0.228 e. The van der Waals surface area contributed by atoms with E-state index in [9.17, 15) is 4.79 Å². The lowest BCUT2D eigenvalue weighted by Crippen LogP contribution is -2.35. The molecule has 1 aromatic carbocycles. The normalized spacial score (nSPS) is 21.5. The van der Waals surface area contributed by atoms with E-state index in [2.05, 4.69) is 28.4 Å². The molecule has 2 aromatic rings. The smallest absolute Gasteiger partial charge is 0.228 e. The molecule has 2 heterocycles. The highest BCUT2D eigenvalue weighted by Crippen LogP contribution is 2.36. The number of fused-ring (bicyclic) bond motifs is 2. The standard InChI is InChI=1S/C19H24N4O2/c1-3-17-21-18-16(5-4-10-23(18)22-17)20-19(24)14-9-7-12-6-8-13(25-2)11-15(12)14/h6,8,11,14,16H,3-5,7,9-10H2,1-2H3,(H,20,24). The number of amides is 1. The number of carbonyl (C=O) groups is 1. The molecule has 1 aromatic heterocycles. The summed E-state index contributed by atoms with van der Waals surface area (Å²) in [6.07, 6.45) is 4.55. The van der Waals surface area contributed by atoms with Crippen molar-refractivity contribution in [2.24, 2.45) is 0 Å². The van der Waals surface area contributed by atoms with Crippen LogP contribution in [0.25, 0.3) is 0 Å². The zero-order valence-corrected chi connectivity index (χ0v) is 14.8. The average Bonchev–Trinajstić information content (AvgIpc) is 3.25. The molecule has 1 aliphatic heterocycles. The quantitative estimate of drug-likeness (QED) is 0.928. The Hall–Kier alpha value is -2.37. The Morgan fingerprint density at radius 1 is 1.40 bits per heavy atom. The third kappa shape index (κ3) is 2.90. The van der Waals surface area contributed by atoms with Gasteiger partial charge in [-0.1, -0.05) is 13.0 Å². The highest BCUT2D eigenvalue weighted by molar-refractivity contribution is 5.85. The summed E-state index contributed by atoms with van der Waals surface area (Å²) in [5.74, 6) is 2.55. The van der Waals surface area contributed by atoms with Crippen molar-refractivity contribution < 1.29 is 9.53 Å². The second-order valence-corrected chi connectivity index (χ2v) is 6.82. The van der Waals surface area contributed by atoms with Gasteiger partial charge in [0.1, 0.15) is 11.6 Å². The monoisotopic (exact) mass is 340 g/mol. The lowest BCUT2D eigenvalue weighted by Gasteiger charge is -2.24. The molecule has 1 aliphatic carbocycles. The minimum atomic E-state index is -0.103. The van der Waals surface area contributed by atoms with Crippen molar-refractivity contribution in [2.45, 2.75) is 57.5 Å². The summed E-state index contributed by atoms with van der Waals surface area (Å²) >= 11 is 0. The van der Waals surface area contributed by atoms with Crippen LogP contribution in [-0.2, 0) is 24.2 Å². The molecular weight excluding hydrogens is 316 g/mol. The van der Waals surface area contributed by atoms with Crippen molar-refractivity contribution in [3.8, 4) is 5.75 Å². The van der Waals surface area contributed by atoms with Crippen molar-refractivity contribution in [2.75, 3.05) is 7.11 Å². The van der Waals surface area contributed by atoms with E-state index in [0.717, 1.165) is 61.6 Å². The molecule has 6 heteroatoms. The number of methoxy groups -OCH3 is 1. The van der Waals surface area contributed by atoms with Crippen LogP contribution >= 0.6 is 0 Å². The molecule has 0 radical (unpaired) electrons. The van der Waals surface area contributed by atoms with Crippen LogP contribution < -0.4 is 10.1 Å². The SMILES string of the molecule is CCc1nc2n(n1)CCCC2NC(=O)C1CCc2ccc(OC)cc21. The van der Waals surface area contributed by atoms with Gasteiger partial charge in [0, 0.05) is 13.0 Å². The third-order valence-electron chi connectivity index (χ3n) is 5.30. The second kappa shape index (κ2) is 6.50. The molecule has 2 aliphatic rings. The van der Waals surface area contributed by atoms with Gasteiger partial charge in [-0.05, 0) is 48.9 Å². The van der Waals surface area contributed by atoms with E-state index in [1.165, 1.54) is 5.56 Å². The maximum atomic E-state index is 13.0. The van der Waals surface area contributed by atoms with Crippen LogP contribution in [0, 0.1) is 0 Å². The summed E-state index contributed by atoms with van der Waals surface area (Å²) in [5.41, 5.74) is 2.35. The van der Waals surface area contributed by atoms with Crippen molar-refractivity contribution in [1.29, 1.82) is 0 Å². The number of aromatic nitrogens is 3. The molecule has 0 saturated carbocycles. The summed E-state index contributed by atoms with van der Waals surface area (Å²) in [6.45, 7) is 2.94. The predicted molar refractivity (Wildman–Crippen MR) is 93.6 cm³/mol. The van der Waals surface area contributed by atoms with Crippen LogP contribution in [0.4, 0.5) is 0 Å². The van der Waals surface area contributed by atoms with Crippen LogP contribution in [0.5, 0.6) is 5.75 Å². The zero-order valence-electron chi connectivity index (χ0n) is 14.8. The molecule has 1 amide bonds. The van der Waals surface area contributed by atoms with Gasteiger partial charge in [-0.3, -0.25) is 4.79 Å². The first-order valence-electron chi connectivity index (χ1n) is 9.10. The van der Waals surface area contributed by atoms with Gasteiger partial charge in [-0.2, -0.15) is 5.10 Å². The molecule has 0 fully saturated rings. The highest BCUT2D eigenvalue weighted by atomic mass is 16.5. The fourth-order valence-electron chi connectivity index (χ4n) is 3.94. The van der Waals surface area contributed by atoms with Gasteiger partial charge in [-0.25, -0.2) is 9.67 Å². The van der Waals surface area contributed by atoms with Gasteiger partial charge in [-0.15, -0.1) is 0 Å². The number of benzene rings is 1. The van der Waals surface area contributed by atoms with Crippen LogP contribution in [-0.4, -0.2) is 27.8 Å². The average molecular weight is 340 g/mol. The largest absolute Gasteiger partial charge is 0.497 e. The van der Waals surface area contributed by atoms with Crippen molar-refractivity contribution in [3.05, 3.63) is 41.0 Å². The van der Waals surface area contributed by atoms with E-state index in [1.807, 2.05) is 16.8 Å². The Bertz CT molecular complexity index is 799. The van der Waals surface area contributed by atoms with Crippen LogP contribution in [0.2, 0.25) is 0 Å². The number of nitrogens with zero attached hydrogens (tertiary/aromatic N) is 3. The summed E-state index contributed by atoms with van der Waals surface area (Å²) in [7, 11) is 1.66. The number of carbonyl (C=O) groups excluding carboxylic acids is 1. The Labute approximate surface area is 147 Å². The van der Waals surface area contributed by atoms with Crippen LogP contribution in [0.3, 0.4) is 0 Å². The second-order valence-electron chi connectivity index (χ2n) is 6.82.